The SMILES string of the molecule is CCOc1ccccc1[C@@H]1C(=C(O)c2ccc(OC)cc2C)C(=O)C(=O)N1Cc1cccnc1. The number of hydrogen-bond donors (Lipinski definition) is 1. The Morgan fingerprint density at radius 1 is 1.12 bits per heavy atom. The molecule has 0 bridgehead atoms. The first-order chi connectivity index (χ1) is 16.5. The molecule has 2 heterocycles. The number of pyridine rings is 1. The molecule has 0 aliphatic carbocycles. The molecule has 2 aromatic carbocycles. The molecule has 1 fully saturated rings. The van der Waals surface area contributed by atoms with Gasteiger partial charge in [0.25, 0.3) is 11.7 Å². The molecule has 7 heteroatoms. The van der Waals surface area contributed by atoms with Crippen molar-refractivity contribution in [2.45, 2.75) is 26.4 Å². The Balaban J connectivity index is 1.91. The van der Waals surface area contributed by atoms with Gasteiger partial charge in [-0.25, -0.2) is 0 Å². The molecule has 0 unspecified atom stereocenters. The van der Waals surface area contributed by atoms with Gasteiger partial charge in [-0.1, -0.05) is 24.3 Å². The monoisotopic (exact) mass is 458 g/mol. The van der Waals surface area contributed by atoms with Crippen molar-refractivity contribution in [1.82, 2.24) is 9.88 Å². The molecule has 4 rings (SSSR count). The number of carbonyl (C=O) groups excluding carboxylic acids is 2. The molecule has 7 nitrogen and oxygen atoms in total. The smallest absolute Gasteiger partial charge is 0.295 e. The Labute approximate surface area is 198 Å². The summed E-state index contributed by atoms with van der Waals surface area (Å²) < 4.78 is 11.1. The van der Waals surface area contributed by atoms with E-state index in [4.69, 9.17) is 9.47 Å². The topological polar surface area (TPSA) is 89.0 Å². The minimum Gasteiger partial charge on any atom is -0.507 e. The molecule has 1 aromatic heterocycles. The predicted octanol–water partition coefficient (Wildman–Crippen LogP) is 4.42. The Hall–Kier alpha value is -4.13. The zero-order chi connectivity index (χ0) is 24.2. The highest BCUT2D eigenvalue weighted by Gasteiger charge is 2.47. The van der Waals surface area contributed by atoms with Gasteiger partial charge in [-0.05, 0) is 55.3 Å². The van der Waals surface area contributed by atoms with E-state index in [1.54, 1.807) is 49.8 Å². The minimum absolute atomic E-state index is 0.0225. The van der Waals surface area contributed by atoms with Crippen molar-refractivity contribution >= 4 is 17.4 Å². The number of aromatic nitrogens is 1. The maximum Gasteiger partial charge on any atom is 0.295 e. The van der Waals surface area contributed by atoms with Crippen LogP contribution in [-0.4, -0.2) is 40.4 Å². The zero-order valence-corrected chi connectivity index (χ0v) is 19.3. The standard InChI is InChI=1S/C27H26N2O5/c1-4-34-22-10-6-5-9-21(22)24-23(25(30)20-12-11-19(33-3)14-17(20)2)26(31)27(32)29(24)16-18-8-7-13-28-15-18/h5-15,24,30H,4,16H2,1-3H3/t24-/m1/s1. The fraction of sp³-hybridized carbons (Fsp3) is 0.222. The van der Waals surface area contributed by atoms with Crippen molar-refractivity contribution in [2.24, 2.45) is 0 Å². The summed E-state index contributed by atoms with van der Waals surface area (Å²) >= 11 is 0. The van der Waals surface area contributed by atoms with Crippen molar-refractivity contribution in [2.75, 3.05) is 13.7 Å². The second-order valence-corrected chi connectivity index (χ2v) is 7.94. The first-order valence-corrected chi connectivity index (χ1v) is 11.0. The van der Waals surface area contributed by atoms with E-state index in [2.05, 4.69) is 4.98 Å². The lowest BCUT2D eigenvalue weighted by atomic mass is 9.93. The van der Waals surface area contributed by atoms with E-state index in [0.29, 0.717) is 34.8 Å². The lowest BCUT2D eigenvalue weighted by molar-refractivity contribution is -0.140. The highest BCUT2D eigenvalue weighted by atomic mass is 16.5. The van der Waals surface area contributed by atoms with Gasteiger partial charge in [-0.2, -0.15) is 0 Å². The highest BCUT2D eigenvalue weighted by Crippen LogP contribution is 2.43. The molecule has 1 amide bonds. The summed E-state index contributed by atoms with van der Waals surface area (Å²) in [7, 11) is 1.56. The lowest BCUT2D eigenvalue weighted by Crippen LogP contribution is -2.29. The molecular weight excluding hydrogens is 432 g/mol. The minimum atomic E-state index is -0.829. The van der Waals surface area contributed by atoms with E-state index in [1.165, 1.54) is 4.90 Å². The molecule has 1 aliphatic rings. The number of aliphatic hydroxyl groups excluding tert-OH is 1. The van der Waals surface area contributed by atoms with Crippen LogP contribution in [0.4, 0.5) is 0 Å². The summed E-state index contributed by atoms with van der Waals surface area (Å²) in [4.78, 5) is 32.1. The van der Waals surface area contributed by atoms with E-state index < -0.39 is 17.7 Å². The molecule has 1 atom stereocenters. The maximum absolute atomic E-state index is 13.3. The second kappa shape index (κ2) is 9.79. The van der Waals surface area contributed by atoms with Gasteiger partial charge >= 0.3 is 0 Å². The lowest BCUT2D eigenvalue weighted by Gasteiger charge is -2.27. The van der Waals surface area contributed by atoms with Crippen LogP contribution in [0, 0.1) is 6.92 Å². The number of benzene rings is 2. The molecule has 1 N–H and O–H groups in total. The number of likely N-dealkylation sites (tertiary alicyclic amines) is 1. The predicted molar refractivity (Wildman–Crippen MR) is 127 cm³/mol. The molecular formula is C27H26N2O5. The number of amides is 1. The summed E-state index contributed by atoms with van der Waals surface area (Å²) in [5.74, 6) is -0.487. The fourth-order valence-corrected chi connectivity index (χ4v) is 4.22. The summed E-state index contributed by atoms with van der Waals surface area (Å²) in [6.45, 7) is 4.25. The number of rotatable bonds is 7. The van der Waals surface area contributed by atoms with Crippen LogP contribution in [0.25, 0.3) is 5.76 Å². The molecule has 1 aliphatic heterocycles. The van der Waals surface area contributed by atoms with Gasteiger partial charge in [-0.15, -0.1) is 0 Å². The first kappa shape index (κ1) is 23.0. The van der Waals surface area contributed by atoms with Gasteiger partial charge in [0.2, 0.25) is 0 Å². The van der Waals surface area contributed by atoms with Gasteiger partial charge in [0.05, 0.1) is 25.3 Å². The molecule has 34 heavy (non-hydrogen) atoms. The van der Waals surface area contributed by atoms with Crippen LogP contribution in [0.15, 0.2) is 72.6 Å². The zero-order valence-electron chi connectivity index (χ0n) is 19.3. The van der Waals surface area contributed by atoms with Crippen LogP contribution in [0.2, 0.25) is 0 Å². The van der Waals surface area contributed by atoms with Crippen LogP contribution in [0.1, 0.15) is 35.2 Å². The number of nitrogens with zero attached hydrogens (tertiary/aromatic N) is 2. The summed E-state index contributed by atoms with van der Waals surface area (Å²) in [6.07, 6.45) is 3.30. The average molecular weight is 459 g/mol. The van der Waals surface area contributed by atoms with Gasteiger partial charge in [-0.3, -0.25) is 14.6 Å². The third-order valence-electron chi connectivity index (χ3n) is 5.82. The summed E-state index contributed by atoms with van der Waals surface area (Å²) in [5, 5.41) is 11.4. The number of hydrogen-bond acceptors (Lipinski definition) is 6. The van der Waals surface area contributed by atoms with E-state index in [0.717, 1.165) is 5.56 Å². The van der Waals surface area contributed by atoms with Gasteiger partial charge < -0.3 is 19.5 Å². The third kappa shape index (κ3) is 4.24. The Morgan fingerprint density at radius 3 is 2.59 bits per heavy atom. The molecule has 0 saturated carbocycles. The molecule has 0 radical (unpaired) electrons. The van der Waals surface area contributed by atoms with E-state index in [-0.39, 0.29) is 17.9 Å². The molecule has 0 spiro atoms. The fourth-order valence-electron chi connectivity index (χ4n) is 4.22. The number of para-hydroxylation sites is 1. The number of aliphatic hydroxyl groups is 1. The largest absolute Gasteiger partial charge is 0.507 e. The second-order valence-electron chi connectivity index (χ2n) is 7.94. The van der Waals surface area contributed by atoms with Crippen LogP contribution in [0.5, 0.6) is 11.5 Å². The molecule has 174 valence electrons. The highest BCUT2D eigenvalue weighted by molar-refractivity contribution is 6.46. The van der Waals surface area contributed by atoms with E-state index in [9.17, 15) is 14.7 Å². The van der Waals surface area contributed by atoms with Crippen LogP contribution in [0.3, 0.4) is 0 Å². The van der Waals surface area contributed by atoms with E-state index >= 15 is 0 Å². The normalized spacial score (nSPS) is 17.1. The van der Waals surface area contributed by atoms with Crippen LogP contribution >= 0.6 is 0 Å². The average Bonchev–Trinajstić information content (AvgIpc) is 3.09. The van der Waals surface area contributed by atoms with E-state index in [1.807, 2.05) is 38.1 Å². The van der Waals surface area contributed by atoms with Gasteiger partial charge in [0, 0.05) is 30.1 Å². The van der Waals surface area contributed by atoms with Crippen molar-refractivity contribution in [3.8, 4) is 11.5 Å². The van der Waals surface area contributed by atoms with Gasteiger partial charge in [0.1, 0.15) is 17.3 Å². The quantitative estimate of drug-likeness (QED) is 0.320. The van der Waals surface area contributed by atoms with Crippen molar-refractivity contribution in [1.29, 1.82) is 0 Å². The number of carbonyl (C=O) groups is 2. The number of ketones is 1. The molecule has 1 saturated heterocycles. The number of Topliss-reactive ketones (excluding diaryl/α,β-unsaturated/α-hetero) is 1. The van der Waals surface area contributed by atoms with Crippen molar-refractivity contribution < 1.29 is 24.2 Å². The third-order valence-corrected chi connectivity index (χ3v) is 5.82. The van der Waals surface area contributed by atoms with Crippen molar-refractivity contribution in [3.63, 3.8) is 0 Å². The Morgan fingerprint density at radius 2 is 1.91 bits per heavy atom. The Bertz CT molecular complexity index is 1250. The van der Waals surface area contributed by atoms with Gasteiger partial charge in [0.15, 0.2) is 0 Å². The van der Waals surface area contributed by atoms with Crippen LogP contribution < -0.4 is 9.47 Å². The summed E-state index contributed by atoms with van der Waals surface area (Å²) in [6, 6.07) is 15.2. The Kier molecular flexibility index (Phi) is 6.63. The maximum atomic E-state index is 13.3. The number of aryl methyl sites for hydroxylation is 1. The number of ether oxygens (including phenoxy) is 2. The first-order valence-electron chi connectivity index (χ1n) is 11.0. The molecule has 3 aromatic rings. The summed E-state index contributed by atoms with van der Waals surface area (Å²) in [5.41, 5.74) is 2.59. The van der Waals surface area contributed by atoms with Crippen LogP contribution in [-0.2, 0) is 16.1 Å². The van der Waals surface area contributed by atoms with Crippen molar-refractivity contribution in [3.05, 3.63) is 94.8 Å². The number of methoxy groups -OCH3 is 1.